The van der Waals surface area contributed by atoms with Crippen molar-refractivity contribution in [3.8, 4) is 10.6 Å². The van der Waals surface area contributed by atoms with Crippen molar-refractivity contribution in [2.24, 2.45) is 0 Å². The molecular weight excluding hydrogens is 317 g/mol. The molecule has 2 amide bonds. The molecule has 3 rings (SSSR count). The number of benzene rings is 1. The summed E-state index contributed by atoms with van der Waals surface area (Å²) < 4.78 is 13.0. The summed E-state index contributed by atoms with van der Waals surface area (Å²) in [7, 11) is 0. The highest BCUT2D eigenvalue weighted by Crippen LogP contribution is 2.28. The minimum atomic E-state index is -0.320. The molecule has 0 spiro atoms. The van der Waals surface area contributed by atoms with Crippen molar-refractivity contribution in [2.75, 3.05) is 6.54 Å². The van der Waals surface area contributed by atoms with Crippen LogP contribution in [0.15, 0.2) is 24.3 Å². The average molecular weight is 333 g/mol. The molecule has 0 atom stereocenters. The van der Waals surface area contributed by atoms with Crippen molar-refractivity contribution in [3.05, 3.63) is 40.7 Å². The summed E-state index contributed by atoms with van der Waals surface area (Å²) in [6, 6.07) is 6.23. The molecule has 120 valence electrons. The Bertz CT molecular complexity index is 738. The quantitative estimate of drug-likeness (QED) is 0.882. The lowest BCUT2D eigenvalue weighted by Gasteiger charge is -2.04. The number of amides is 2. The van der Waals surface area contributed by atoms with Crippen LogP contribution in [0.1, 0.15) is 28.2 Å². The van der Waals surface area contributed by atoms with Gasteiger partial charge in [0.15, 0.2) is 0 Å². The van der Waals surface area contributed by atoms with Crippen LogP contribution in [0.5, 0.6) is 0 Å². The smallest absolute Gasteiger partial charge is 0.263 e. The molecule has 7 heteroatoms. The third-order valence-corrected chi connectivity index (χ3v) is 4.65. The van der Waals surface area contributed by atoms with Crippen LogP contribution in [0.25, 0.3) is 10.6 Å². The second-order valence-electron chi connectivity index (χ2n) is 5.46. The maximum atomic E-state index is 13.0. The molecule has 1 aromatic heterocycles. The van der Waals surface area contributed by atoms with E-state index in [-0.39, 0.29) is 30.2 Å². The van der Waals surface area contributed by atoms with Gasteiger partial charge in [0.2, 0.25) is 5.91 Å². The van der Waals surface area contributed by atoms with E-state index in [0.29, 0.717) is 15.6 Å². The zero-order valence-electron chi connectivity index (χ0n) is 12.6. The van der Waals surface area contributed by atoms with Gasteiger partial charge >= 0.3 is 0 Å². The largest absolute Gasteiger partial charge is 0.352 e. The number of hydrogen-bond acceptors (Lipinski definition) is 4. The molecule has 1 aliphatic carbocycles. The first kappa shape index (κ1) is 15.6. The van der Waals surface area contributed by atoms with E-state index < -0.39 is 0 Å². The van der Waals surface area contributed by atoms with Gasteiger partial charge in [-0.2, -0.15) is 0 Å². The minimum absolute atomic E-state index is 0.0431. The van der Waals surface area contributed by atoms with Gasteiger partial charge in [0.25, 0.3) is 5.91 Å². The van der Waals surface area contributed by atoms with Crippen LogP contribution in [-0.2, 0) is 4.79 Å². The molecule has 0 bridgehead atoms. The van der Waals surface area contributed by atoms with Crippen molar-refractivity contribution in [1.29, 1.82) is 0 Å². The summed E-state index contributed by atoms with van der Waals surface area (Å²) in [4.78, 5) is 28.6. The van der Waals surface area contributed by atoms with Crippen LogP contribution in [0.3, 0.4) is 0 Å². The number of thiazole rings is 1. The number of hydrogen-bond donors (Lipinski definition) is 2. The summed E-state index contributed by atoms with van der Waals surface area (Å²) in [5.41, 5.74) is 1.35. The number of aromatic nitrogens is 1. The molecule has 1 aliphatic rings. The van der Waals surface area contributed by atoms with Gasteiger partial charge in [-0.1, -0.05) is 0 Å². The van der Waals surface area contributed by atoms with Gasteiger partial charge in [-0.05, 0) is 44.0 Å². The molecule has 0 saturated heterocycles. The summed E-state index contributed by atoms with van der Waals surface area (Å²) in [6.45, 7) is 1.70. The molecule has 2 aromatic rings. The van der Waals surface area contributed by atoms with Gasteiger partial charge < -0.3 is 10.6 Å². The zero-order chi connectivity index (χ0) is 16.4. The fraction of sp³-hybridized carbons (Fsp3) is 0.312. The maximum absolute atomic E-state index is 13.0. The molecule has 23 heavy (non-hydrogen) atoms. The molecule has 0 radical (unpaired) electrons. The molecule has 1 saturated carbocycles. The van der Waals surface area contributed by atoms with E-state index >= 15 is 0 Å². The Kier molecular flexibility index (Phi) is 4.38. The molecular formula is C16H16FN3O2S. The highest BCUT2D eigenvalue weighted by atomic mass is 32.1. The second kappa shape index (κ2) is 6.45. The Morgan fingerprint density at radius 1 is 1.30 bits per heavy atom. The van der Waals surface area contributed by atoms with Crippen molar-refractivity contribution in [1.82, 2.24) is 15.6 Å². The molecule has 1 heterocycles. The first-order valence-electron chi connectivity index (χ1n) is 7.34. The highest BCUT2D eigenvalue weighted by molar-refractivity contribution is 7.17. The highest BCUT2D eigenvalue weighted by Gasteiger charge is 2.23. The fourth-order valence-electron chi connectivity index (χ4n) is 2.07. The van der Waals surface area contributed by atoms with Crippen LogP contribution in [-0.4, -0.2) is 29.4 Å². The van der Waals surface area contributed by atoms with Crippen LogP contribution < -0.4 is 10.6 Å². The fourth-order valence-corrected chi connectivity index (χ4v) is 3.06. The SMILES string of the molecule is Cc1nc(-c2ccc(F)cc2)sc1C(=O)NCC(=O)NC1CC1. The van der Waals surface area contributed by atoms with Gasteiger partial charge in [-0.3, -0.25) is 9.59 Å². The van der Waals surface area contributed by atoms with Gasteiger partial charge in [-0.25, -0.2) is 9.37 Å². The van der Waals surface area contributed by atoms with E-state index in [2.05, 4.69) is 15.6 Å². The Balaban J connectivity index is 1.66. The van der Waals surface area contributed by atoms with E-state index in [1.54, 1.807) is 19.1 Å². The van der Waals surface area contributed by atoms with Gasteiger partial charge in [0.05, 0.1) is 12.2 Å². The monoisotopic (exact) mass is 333 g/mol. The standard InChI is InChI=1S/C16H16FN3O2S/c1-9-14(15(22)18-8-13(21)20-12-6-7-12)23-16(19-9)10-2-4-11(17)5-3-10/h2-5,12H,6-8H2,1H3,(H,18,22)(H,20,21). The van der Waals surface area contributed by atoms with E-state index in [1.165, 1.54) is 23.5 Å². The number of nitrogens with one attached hydrogen (secondary N) is 2. The van der Waals surface area contributed by atoms with Gasteiger partial charge in [-0.15, -0.1) is 11.3 Å². The summed E-state index contributed by atoms with van der Waals surface area (Å²) >= 11 is 1.23. The van der Waals surface area contributed by atoms with Crippen LogP contribution >= 0.6 is 11.3 Å². The third kappa shape index (κ3) is 3.92. The van der Waals surface area contributed by atoms with Crippen molar-refractivity contribution in [2.45, 2.75) is 25.8 Å². The van der Waals surface area contributed by atoms with Crippen molar-refractivity contribution >= 4 is 23.2 Å². The Morgan fingerprint density at radius 2 is 2.00 bits per heavy atom. The van der Waals surface area contributed by atoms with Crippen molar-refractivity contribution < 1.29 is 14.0 Å². The van der Waals surface area contributed by atoms with E-state index in [4.69, 9.17) is 0 Å². The van der Waals surface area contributed by atoms with Crippen LogP contribution in [0.2, 0.25) is 0 Å². The van der Waals surface area contributed by atoms with Gasteiger partial charge in [0.1, 0.15) is 15.7 Å². The topological polar surface area (TPSA) is 71.1 Å². The minimum Gasteiger partial charge on any atom is -0.352 e. The Labute approximate surface area is 136 Å². The van der Waals surface area contributed by atoms with Crippen molar-refractivity contribution in [3.63, 3.8) is 0 Å². The predicted octanol–water partition coefficient (Wildman–Crippen LogP) is 2.27. The van der Waals surface area contributed by atoms with Crippen LogP contribution in [0, 0.1) is 12.7 Å². The molecule has 0 aliphatic heterocycles. The molecule has 1 fully saturated rings. The molecule has 1 aromatic carbocycles. The number of carbonyl (C=O) groups excluding carboxylic acids is 2. The lowest BCUT2D eigenvalue weighted by atomic mass is 10.2. The van der Waals surface area contributed by atoms with Crippen LogP contribution in [0.4, 0.5) is 4.39 Å². The normalized spacial score (nSPS) is 13.7. The molecule has 5 nitrogen and oxygen atoms in total. The van der Waals surface area contributed by atoms with E-state index in [0.717, 1.165) is 18.4 Å². The average Bonchev–Trinajstić information content (AvgIpc) is 3.25. The number of carbonyl (C=O) groups is 2. The Morgan fingerprint density at radius 3 is 2.65 bits per heavy atom. The van der Waals surface area contributed by atoms with E-state index in [1.807, 2.05) is 0 Å². The second-order valence-corrected chi connectivity index (χ2v) is 6.46. The number of halogens is 1. The third-order valence-electron chi connectivity index (χ3n) is 3.45. The summed E-state index contributed by atoms with van der Waals surface area (Å²) in [5.74, 6) is -0.817. The first-order valence-corrected chi connectivity index (χ1v) is 8.15. The number of aryl methyl sites for hydroxylation is 1. The maximum Gasteiger partial charge on any atom is 0.263 e. The van der Waals surface area contributed by atoms with E-state index in [9.17, 15) is 14.0 Å². The first-order chi connectivity index (χ1) is 11.0. The number of nitrogens with zero attached hydrogens (tertiary/aromatic N) is 1. The summed E-state index contributed by atoms with van der Waals surface area (Å²) in [5, 5.41) is 6.06. The molecule has 2 N–H and O–H groups in total. The van der Waals surface area contributed by atoms with Gasteiger partial charge in [0, 0.05) is 11.6 Å². The summed E-state index contributed by atoms with van der Waals surface area (Å²) in [6.07, 6.45) is 2.02. The lowest BCUT2D eigenvalue weighted by Crippen LogP contribution is -2.37. The Hall–Kier alpha value is -2.28. The predicted molar refractivity (Wildman–Crippen MR) is 85.7 cm³/mol. The zero-order valence-corrected chi connectivity index (χ0v) is 13.4. The lowest BCUT2D eigenvalue weighted by molar-refractivity contribution is -0.120. The molecule has 0 unspecified atom stereocenters. The number of rotatable bonds is 5.